The molecule has 1 aromatic rings. The molecule has 0 aliphatic carbocycles. The molecule has 0 atom stereocenters. The van der Waals surface area contributed by atoms with Gasteiger partial charge in [0.15, 0.2) is 0 Å². The molecule has 0 saturated carbocycles. The second kappa shape index (κ2) is 6.78. The summed E-state index contributed by atoms with van der Waals surface area (Å²) in [6.45, 7) is 3.82. The van der Waals surface area contributed by atoms with Crippen molar-refractivity contribution in [2.45, 2.75) is 13.8 Å². The summed E-state index contributed by atoms with van der Waals surface area (Å²) in [5.74, 6) is -1.30. The highest BCUT2D eigenvalue weighted by Gasteiger charge is 2.21. The van der Waals surface area contributed by atoms with Gasteiger partial charge in [0.05, 0.1) is 10.6 Å². The molecule has 0 aromatic heterocycles. The lowest BCUT2D eigenvalue weighted by Crippen LogP contribution is -2.38. The van der Waals surface area contributed by atoms with E-state index in [1.807, 2.05) is 13.8 Å². The lowest BCUT2D eigenvalue weighted by Gasteiger charge is -2.23. The molecule has 0 aliphatic rings. The Kier molecular flexibility index (Phi) is 5.63. The van der Waals surface area contributed by atoms with Gasteiger partial charge in [-0.25, -0.2) is 0 Å². The third-order valence-corrected chi connectivity index (χ3v) is 2.91. The van der Waals surface area contributed by atoms with E-state index < -0.39 is 11.9 Å². The van der Waals surface area contributed by atoms with Crippen LogP contribution in [0.1, 0.15) is 24.2 Å². The summed E-state index contributed by atoms with van der Waals surface area (Å²) < 4.78 is 0. The maximum Gasteiger partial charge on any atom is 0.323 e. The monoisotopic (exact) mass is 303 g/mol. The zero-order valence-corrected chi connectivity index (χ0v) is 12.2. The molecular weight excluding hydrogens is 289 g/mol. The van der Waals surface area contributed by atoms with Gasteiger partial charge in [-0.15, -0.1) is 0 Å². The van der Waals surface area contributed by atoms with Crippen LogP contribution < -0.4 is 0 Å². The number of carbonyl (C=O) groups excluding carboxylic acids is 1. The molecule has 0 radical (unpaired) electrons. The van der Waals surface area contributed by atoms with E-state index in [0.29, 0.717) is 11.6 Å². The summed E-state index contributed by atoms with van der Waals surface area (Å²) in [6.07, 6.45) is 0. The predicted molar refractivity (Wildman–Crippen MR) is 74.8 cm³/mol. The van der Waals surface area contributed by atoms with Gasteiger partial charge in [-0.1, -0.05) is 37.0 Å². The van der Waals surface area contributed by atoms with Gasteiger partial charge in [-0.2, -0.15) is 0 Å². The third kappa shape index (κ3) is 4.73. The Morgan fingerprint density at radius 1 is 1.32 bits per heavy atom. The van der Waals surface area contributed by atoms with Crippen molar-refractivity contribution in [3.05, 3.63) is 33.8 Å². The molecule has 104 valence electrons. The number of hydrogen-bond donors (Lipinski definition) is 1. The molecule has 4 nitrogen and oxygen atoms in total. The summed E-state index contributed by atoms with van der Waals surface area (Å²) in [6, 6.07) is 4.52. The highest BCUT2D eigenvalue weighted by atomic mass is 35.5. The summed E-state index contributed by atoms with van der Waals surface area (Å²) in [5, 5.41) is 9.50. The van der Waals surface area contributed by atoms with Crippen molar-refractivity contribution >= 4 is 35.1 Å². The number of hydrogen-bond acceptors (Lipinski definition) is 2. The van der Waals surface area contributed by atoms with Gasteiger partial charge in [0.1, 0.15) is 6.54 Å². The molecule has 0 fully saturated rings. The average molecular weight is 304 g/mol. The fourth-order valence-corrected chi connectivity index (χ4v) is 2.15. The van der Waals surface area contributed by atoms with E-state index in [2.05, 4.69) is 0 Å². The van der Waals surface area contributed by atoms with E-state index in [1.54, 1.807) is 6.07 Å². The molecule has 1 rings (SSSR count). The molecule has 0 unspecified atom stereocenters. The molecule has 0 spiro atoms. The maximum absolute atomic E-state index is 12.3. The number of halogens is 2. The largest absolute Gasteiger partial charge is 0.480 e. The van der Waals surface area contributed by atoms with Crippen molar-refractivity contribution in [1.29, 1.82) is 0 Å². The zero-order valence-electron chi connectivity index (χ0n) is 10.7. The van der Waals surface area contributed by atoms with Crippen molar-refractivity contribution < 1.29 is 14.7 Å². The highest BCUT2D eigenvalue weighted by molar-refractivity contribution is 6.36. The van der Waals surface area contributed by atoms with Crippen LogP contribution in [0.2, 0.25) is 10.0 Å². The van der Waals surface area contributed by atoms with Crippen molar-refractivity contribution in [3.8, 4) is 0 Å². The highest BCUT2D eigenvalue weighted by Crippen LogP contribution is 2.22. The Labute approximate surface area is 121 Å². The Morgan fingerprint density at radius 3 is 2.42 bits per heavy atom. The molecule has 1 amide bonds. The minimum atomic E-state index is -1.06. The van der Waals surface area contributed by atoms with Crippen LogP contribution in [0.3, 0.4) is 0 Å². The smallest absolute Gasteiger partial charge is 0.323 e. The second-order valence-corrected chi connectivity index (χ2v) is 5.44. The zero-order chi connectivity index (χ0) is 14.6. The molecule has 0 aliphatic heterocycles. The molecule has 0 heterocycles. The fourth-order valence-electron chi connectivity index (χ4n) is 1.66. The summed E-state index contributed by atoms with van der Waals surface area (Å²) in [5.41, 5.74) is 0.257. The first-order valence-electron chi connectivity index (χ1n) is 5.77. The maximum atomic E-state index is 12.3. The molecule has 1 N–H and O–H groups in total. The Hall–Kier alpha value is -1.26. The van der Waals surface area contributed by atoms with E-state index in [1.165, 1.54) is 17.0 Å². The van der Waals surface area contributed by atoms with Crippen LogP contribution in [0, 0.1) is 5.92 Å². The standard InChI is InChI=1S/C13H15Cl2NO3/c1-8(2)6-16(7-12(17)18)13(19)10-4-3-9(14)5-11(10)15/h3-5,8H,6-7H2,1-2H3,(H,17,18). The van der Waals surface area contributed by atoms with Gasteiger partial charge in [0, 0.05) is 11.6 Å². The molecule has 19 heavy (non-hydrogen) atoms. The number of rotatable bonds is 5. The van der Waals surface area contributed by atoms with Gasteiger partial charge < -0.3 is 10.0 Å². The number of carboxylic acid groups (broad SMARTS) is 1. The predicted octanol–water partition coefficient (Wildman–Crippen LogP) is 3.18. The van der Waals surface area contributed by atoms with Crippen molar-refractivity contribution in [2.75, 3.05) is 13.1 Å². The van der Waals surface area contributed by atoms with Crippen molar-refractivity contribution in [2.24, 2.45) is 5.92 Å². The first kappa shape index (κ1) is 15.8. The van der Waals surface area contributed by atoms with Gasteiger partial charge in [0.2, 0.25) is 0 Å². The van der Waals surface area contributed by atoms with Crippen LogP contribution in [-0.2, 0) is 4.79 Å². The summed E-state index contributed by atoms with van der Waals surface area (Å²) >= 11 is 11.7. The number of carboxylic acids is 1. The molecule has 1 aromatic carbocycles. The van der Waals surface area contributed by atoms with Crippen molar-refractivity contribution in [1.82, 2.24) is 4.90 Å². The number of aliphatic carboxylic acids is 1. The van der Waals surface area contributed by atoms with Gasteiger partial charge in [-0.3, -0.25) is 9.59 Å². The quantitative estimate of drug-likeness (QED) is 0.909. The number of benzene rings is 1. The normalized spacial score (nSPS) is 10.6. The van der Waals surface area contributed by atoms with Crippen LogP contribution in [0.5, 0.6) is 0 Å². The number of amides is 1. The van der Waals surface area contributed by atoms with E-state index in [0.717, 1.165) is 0 Å². The summed E-state index contributed by atoms with van der Waals surface area (Å²) in [7, 11) is 0. The second-order valence-electron chi connectivity index (χ2n) is 4.60. The van der Waals surface area contributed by atoms with Crippen LogP contribution in [0.15, 0.2) is 18.2 Å². The van der Waals surface area contributed by atoms with Gasteiger partial charge in [0.25, 0.3) is 5.91 Å². The topological polar surface area (TPSA) is 57.6 Å². The van der Waals surface area contributed by atoms with E-state index in [9.17, 15) is 9.59 Å². The Morgan fingerprint density at radius 2 is 1.95 bits per heavy atom. The lowest BCUT2D eigenvalue weighted by atomic mass is 10.1. The fraction of sp³-hybridized carbons (Fsp3) is 0.385. The van der Waals surface area contributed by atoms with E-state index in [-0.39, 0.29) is 23.0 Å². The minimum absolute atomic E-state index is 0.161. The number of carbonyl (C=O) groups is 2. The van der Waals surface area contributed by atoms with Gasteiger partial charge in [-0.05, 0) is 24.1 Å². The molecule has 0 saturated heterocycles. The molecular formula is C13H15Cl2NO3. The number of nitrogens with zero attached hydrogens (tertiary/aromatic N) is 1. The molecule has 6 heteroatoms. The van der Waals surface area contributed by atoms with E-state index in [4.69, 9.17) is 28.3 Å². The first-order chi connectivity index (χ1) is 8.81. The third-order valence-electron chi connectivity index (χ3n) is 2.36. The average Bonchev–Trinajstić information content (AvgIpc) is 2.26. The Balaban J connectivity index is 3.00. The molecule has 0 bridgehead atoms. The Bertz CT molecular complexity index is 489. The van der Waals surface area contributed by atoms with Gasteiger partial charge >= 0.3 is 5.97 Å². The van der Waals surface area contributed by atoms with Crippen LogP contribution in [0.25, 0.3) is 0 Å². The van der Waals surface area contributed by atoms with E-state index >= 15 is 0 Å². The van der Waals surface area contributed by atoms with Crippen LogP contribution >= 0.6 is 23.2 Å². The first-order valence-corrected chi connectivity index (χ1v) is 6.53. The van der Waals surface area contributed by atoms with Crippen LogP contribution in [-0.4, -0.2) is 35.0 Å². The minimum Gasteiger partial charge on any atom is -0.480 e. The summed E-state index contributed by atoms with van der Waals surface area (Å²) in [4.78, 5) is 24.4. The van der Waals surface area contributed by atoms with Crippen molar-refractivity contribution in [3.63, 3.8) is 0 Å². The van der Waals surface area contributed by atoms with Crippen LogP contribution in [0.4, 0.5) is 0 Å². The lowest BCUT2D eigenvalue weighted by molar-refractivity contribution is -0.137. The SMILES string of the molecule is CC(C)CN(CC(=O)O)C(=O)c1ccc(Cl)cc1Cl.